The van der Waals surface area contributed by atoms with Crippen LogP contribution in [0.15, 0.2) is 30.3 Å². The quantitative estimate of drug-likeness (QED) is 0.857. The van der Waals surface area contributed by atoms with Crippen LogP contribution in [0.5, 0.6) is 0 Å². The van der Waals surface area contributed by atoms with Crippen LogP contribution >= 0.6 is 0 Å². The monoisotopic (exact) mass is 258 g/mol. The minimum absolute atomic E-state index is 0.208. The van der Waals surface area contributed by atoms with E-state index in [1.807, 2.05) is 0 Å². The molecule has 4 nitrogen and oxygen atoms in total. The fourth-order valence-corrected chi connectivity index (χ4v) is 1.73. The highest BCUT2D eigenvalue weighted by molar-refractivity contribution is 5.87. The van der Waals surface area contributed by atoms with E-state index in [-0.39, 0.29) is 22.6 Å². The number of aldehydes is 1. The average molecular weight is 258 g/mol. The summed E-state index contributed by atoms with van der Waals surface area (Å²) in [5.41, 5.74) is 1.47. The molecule has 0 fully saturated rings. The number of rotatable bonds is 4. The molecule has 0 aliphatic heterocycles. The van der Waals surface area contributed by atoms with Gasteiger partial charge in [0, 0.05) is 11.1 Å². The number of benzene rings is 1. The first-order valence-corrected chi connectivity index (χ1v) is 5.58. The molecule has 1 aromatic heterocycles. The van der Waals surface area contributed by atoms with Gasteiger partial charge in [0.05, 0.1) is 5.69 Å². The lowest BCUT2D eigenvalue weighted by Gasteiger charge is -2.08. The fourth-order valence-electron chi connectivity index (χ4n) is 1.73. The number of hydrogen-bond donors (Lipinski definition) is 1. The van der Waals surface area contributed by atoms with E-state index in [0.717, 1.165) is 5.56 Å². The van der Waals surface area contributed by atoms with Crippen LogP contribution in [0.3, 0.4) is 0 Å². The van der Waals surface area contributed by atoms with Crippen LogP contribution in [-0.2, 0) is 4.79 Å². The molecule has 0 aliphatic rings. The van der Waals surface area contributed by atoms with Crippen LogP contribution in [0, 0.1) is 12.7 Å². The van der Waals surface area contributed by atoms with Crippen LogP contribution in [-0.4, -0.2) is 17.7 Å². The van der Waals surface area contributed by atoms with Crippen molar-refractivity contribution >= 4 is 18.5 Å². The van der Waals surface area contributed by atoms with E-state index in [9.17, 15) is 14.0 Å². The number of aromatic nitrogens is 1. The summed E-state index contributed by atoms with van der Waals surface area (Å²) in [6.45, 7) is 1.77. The summed E-state index contributed by atoms with van der Waals surface area (Å²) >= 11 is 0. The van der Waals surface area contributed by atoms with E-state index in [1.165, 1.54) is 18.2 Å². The highest BCUT2D eigenvalue weighted by Crippen LogP contribution is 2.25. The first-order chi connectivity index (χ1) is 9.15. The van der Waals surface area contributed by atoms with Crippen molar-refractivity contribution < 1.29 is 14.0 Å². The van der Waals surface area contributed by atoms with Crippen molar-refractivity contribution in [1.29, 1.82) is 0 Å². The summed E-state index contributed by atoms with van der Waals surface area (Å²) in [4.78, 5) is 25.5. The second-order valence-electron chi connectivity index (χ2n) is 4.00. The minimum atomic E-state index is -0.459. The van der Waals surface area contributed by atoms with Crippen LogP contribution < -0.4 is 5.32 Å². The van der Waals surface area contributed by atoms with E-state index in [4.69, 9.17) is 0 Å². The standard InChI is InChI=1S/C14H11FN2O2/c1-9-2-4-11(12(15)6-9)14-10(7-18)3-5-13(17-14)16-8-19/h2-8H,1H3,(H,16,17,19). The maximum absolute atomic E-state index is 13.9. The van der Waals surface area contributed by atoms with E-state index in [2.05, 4.69) is 10.3 Å². The van der Waals surface area contributed by atoms with E-state index in [0.29, 0.717) is 12.7 Å². The number of halogens is 1. The van der Waals surface area contributed by atoms with Gasteiger partial charge in [-0.2, -0.15) is 0 Å². The highest BCUT2D eigenvalue weighted by Gasteiger charge is 2.12. The molecule has 5 heteroatoms. The molecule has 0 unspecified atom stereocenters. The smallest absolute Gasteiger partial charge is 0.212 e. The molecule has 0 atom stereocenters. The minimum Gasteiger partial charge on any atom is -0.313 e. The van der Waals surface area contributed by atoms with Crippen molar-refractivity contribution in [3.05, 3.63) is 47.3 Å². The Kier molecular flexibility index (Phi) is 3.66. The summed E-state index contributed by atoms with van der Waals surface area (Å²) in [6, 6.07) is 7.62. The molecule has 0 radical (unpaired) electrons. The Bertz CT molecular complexity index is 641. The molecule has 2 rings (SSSR count). The summed E-state index contributed by atoms with van der Waals surface area (Å²) in [6.07, 6.45) is 1.07. The Morgan fingerprint density at radius 2 is 2.00 bits per heavy atom. The summed E-state index contributed by atoms with van der Waals surface area (Å²) in [7, 11) is 0. The zero-order chi connectivity index (χ0) is 13.8. The Morgan fingerprint density at radius 1 is 1.21 bits per heavy atom. The van der Waals surface area contributed by atoms with Crippen molar-refractivity contribution in [2.75, 3.05) is 5.32 Å². The summed E-state index contributed by atoms with van der Waals surface area (Å²) in [5, 5.41) is 2.37. The first-order valence-electron chi connectivity index (χ1n) is 5.58. The zero-order valence-corrected chi connectivity index (χ0v) is 10.2. The Labute approximate surface area is 109 Å². The third kappa shape index (κ3) is 2.65. The summed E-state index contributed by atoms with van der Waals surface area (Å²) < 4.78 is 13.9. The molecule has 19 heavy (non-hydrogen) atoms. The number of carbonyl (C=O) groups is 2. The lowest BCUT2D eigenvalue weighted by atomic mass is 10.0. The van der Waals surface area contributed by atoms with Crippen LogP contribution in [0.25, 0.3) is 11.3 Å². The van der Waals surface area contributed by atoms with Gasteiger partial charge in [0.2, 0.25) is 6.41 Å². The number of pyridine rings is 1. The third-order valence-electron chi connectivity index (χ3n) is 2.64. The van der Waals surface area contributed by atoms with Gasteiger partial charge in [0.25, 0.3) is 0 Å². The third-order valence-corrected chi connectivity index (χ3v) is 2.64. The van der Waals surface area contributed by atoms with Gasteiger partial charge in [0.15, 0.2) is 6.29 Å². The zero-order valence-electron chi connectivity index (χ0n) is 10.2. The molecule has 1 heterocycles. The molecule has 2 aromatic rings. The maximum atomic E-state index is 13.9. The SMILES string of the molecule is Cc1ccc(-c2nc(NC=O)ccc2C=O)c(F)c1. The molecule has 1 amide bonds. The lowest BCUT2D eigenvalue weighted by molar-refractivity contribution is -0.105. The Hall–Kier alpha value is -2.56. The number of hydrogen-bond acceptors (Lipinski definition) is 3. The molecule has 0 spiro atoms. The van der Waals surface area contributed by atoms with Gasteiger partial charge >= 0.3 is 0 Å². The molecular formula is C14H11FN2O2. The van der Waals surface area contributed by atoms with Gasteiger partial charge in [-0.3, -0.25) is 9.59 Å². The topological polar surface area (TPSA) is 59.1 Å². The van der Waals surface area contributed by atoms with Gasteiger partial charge in [-0.05, 0) is 36.8 Å². The van der Waals surface area contributed by atoms with Gasteiger partial charge in [0.1, 0.15) is 11.6 Å². The number of anilines is 1. The molecule has 0 bridgehead atoms. The predicted molar refractivity (Wildman–Crippen MR) is 69.4 cm³/mol. The van der Waals surface area contributed by atoms with Gasteiger partial charge < -0.3 is 5.32 Å². The molecule has 0 aliphatic carbocycles. The Morgan fingerprint density at radius 3 is 2.63 bits per heavy atom. The Balaban J connectivity index is 2.61. The van der Waals surface area contributed by atoms with Crippen LogP contribution in [0.1, 0.15) is 15.9 Å². The van der Waals surface area contributed by atoms with Gasteiger partial charge in [-0.25, -0.2) is 9.37 Å². The molecule has 96 valence electrons. The van der Waals surface area contributed by atoms with E-state index >= 15 is 0 Å². The summed E-state index contributed by atoms with van der Waals surface area (Å²) in [5.74, 6) is -0.200. The van der Waals surface area contributed by atoms with Crippen LogP contribution in [0.4, 0.5) is 10.2 Å². The van der Waals surface area contributed by atoms with Gasteiger partial charge in [-0.15, -0.1) is 0 Å². The number of nitrogens with zero attached hydrogens (tertiary/aromatic N) is 1. The lowest BCUT2D eigenvalue weighted by Crippen LogP contribution is -2.01. The van der Waals surface area contributed by atoms with Crippen molar-refractivity contribution in [3.63, 3.8) is 0 Å². The number of carbonyl (C=O) groups excluding carboxylic acids is 2. The molecule has 0 saturated carbocycles. The molecular weight excluding hydrogens is 247 g/mol. The van der Waals surface area contributed by atoms with Crippen LogP contribution in [0.2, 0.25) is 0 Å². The largest absolute Gasteiger partial charge is 0.313 e. The van der Waals surface area contributed by atoms with Gasteiger partial charge in [-0.1, -0.05) is 6.07 Å². The highest BCUT2D eigenvalue weighted by atomic mass is 19.1. The number of amides is 1. The second kappa shape index (κ2) is 5.39. The number of nitrogens with one attached hydrogen (secondary N) is 1. The second-order valence-corrected chi connectivity index (χ2v) is 4.00. The number of aryl methyl sites for hydroxylation is 1. The molecule has 1 N–H and O–H groups in total. The predicted octanol–water partition coefficient (Wildman–Crippen LogP) is 2.58. The van der Waals surface area contributed by atoms with E-state index < -0.39 is 5.82 Å². The normalized spacial score (nSPS) is 10.0. The van der Waals surface area contributed by atoms with Crippen molar-refractivity contribution in [2.45, 2.75) is 6.92 Å². The average Bonchev–Trinajstić information content (AvgIpc) is 2.39. The van der Waals surface area contributed by atoms with Crippen molar-refractivity contribution in [2.24, 2.45) is 0 Å². The maximum Gasteiger partial charge on any atom is 0.212 e. The molecule has 1 aromatic carbocycles. The fraction of sp³-hybridized carbons (Fsp3) is 0.0714. The van der Waals surface area contributed by atoms with E-state index in [1.54, 1.807) is 19.1 Å². The first kappa shape index (κ1) is 12.9. The van der Waals surface area contributed by atoms with Crippen molar-refractivity contribution in [3.8, 4) is 11.3 Å². The molecule has 0 saturated heterocycles. The van der Waals surface area contributed by atoms with Crippen molar-refractivity contribution in [1.82, 2.24) is 4.98 Å².